The van der Waals surface area contributed by atoms with Crippen LogP contribution in [0, 0.1) is 5.92 Å². The highest BCUT2D eigenvalue weighted by Crippen LogP contribution is 2.18. The molecule has 1 aromatic heterocycles. The van der Waals surface area contributed by atoms with Gasteiger partial charge in [0.05, 0.1) is 19.1 Å². The summed E-state index contributed by atoms with van der Waals surface area (Å²) in [5.41, 5.74) is 0. The van der Waals surface area contributed by atoms with Gasteiger partial charge in [-0.3, -0.25) is 9.79 Å². The van der Waals surface area contributed by atoms with Gasteiger partial charge in [0.1, 0.15) is 12.2 Å². The summed E-state index contributed by atoms with van der Waals surface area (Å²) in [4.78, 5) is 18.9. The van der Waals surface area contributed by atoms with Gasteiger partial charge in [0.25, 0.3) is 0 Å². The highest BCUT2D eigenvalue weighted by molar-refractivity contribution is 5.81. The van der Waals surface area contributed by atoms with Crippen LogP contribution in [0.25, 0.3) is 0 Å². The molecule has 2 heterocycles. The van der Waals surface area contributed by atoms with E-state index in [-0.39, 0.29) is 11.9 Å². The molecule has 8 nitrogen and oxygen atoms in total. The number of piperidine rings is 1. The fourth-order valence-corrected chi connectivity index (χ4v) is 3.06. The minimum Gasteiger partial charge on any atom is -0.466 e. The molecule has 1 unspecified atom stereocenters. The van der Waals surface area contributed by atoms with Crippen molar-refractivity contribution in [3.8, 4) is 0 Å². The molecule has 1 aromatic rings. The Balaban J connectivity index is 2.00. The number of ether oxygens (including phenoxy) is 1. The molecule has 0 aromatic carbocycles. The molecule has 0 saturated carbocycles. The Hall–Kier alpha value is -2.38. The number of guanidine groups is 1. The van der Waals surface area contributed by atoms with Crippen molar-refractivity contribution in [1.29, 1.82) is 0 Å². The van der Waals surface area contributed by atoms with E-state index in [1.54, 1.807) is 12.4 Å². The van der Waals surface area contributed by atoms with E-state index in [1.807, 2.05) is 11.5 Å². The van der Waals surface area contributed by atoms with Crippen LogP contribution in [-0.2, 0) is 22.5 Å². The lowest BCUT2D eigenvalue weighted by Crippen LogP contribution is -2.48. The van der Waals surface area contributed by atoms with Gasteiger partial charge in [-0.15, -0.1) is 16.8 Å². The Bertz CT molecular complexity index is 613. The van der Waals surface area contributed by atoms with Gasteiger partial charge in [0.15, 0.2) is 5.96 Å². The fourth-order valence-electron chi connectivity index (χ4n) is 3.06. The van der Waals surface area contributed by atoms with Crippen molar-refractivity contribution in [3.05, 3.63) is 24.8 Å². The summed E-state index contributed by atoms with van der Waals surface area (Å²) in [7, 11) is 0. The Morgan fingerprint density at radius 1 is 1.54 bits per heavy atom. The number of hydrogen-bond donors (Lipinski definition) is 1. The van der Waals surface area contributed by atoms with Crippen molar-refractivity contribution in [3.63, 3.8) is 0 Å². The Labute approximate surface area is 155 Å². The van der Waals surface area contributed by atoms with E-state index < -0.39 is 0 Å². The maximum atomic E-state index is 12.1. The molecule has 1 aliphatic rings. The van der Waals surface area contributed by atoms with Gasteiger partial charge >= 0.3 is 5.97 Å². The molecule has 1 saturated heterocycles. The quantitative estimate of drug-likeness (QED) is 0.324. The Morgan fingerprint density at radius 3 is 3.12 bits per heavy atom. The summed E-state index contributed by atoms with van der Waals surface area (Å²) in [5.74, 6) is 1.56. The van der Waals surface area contributed by atoms with Crippen LogP contribution < -0.4 is 5.32 Å². The van der Waals surface area contributed by atoms with E-state index in [0.29, 0.717) is 26.2 Å². The Kier molecular flexibility index (Phi) is 8.11. The topological polar surface area (TPSA) is 84.6 Å². The normalized spacial score (nSPS) is 17.8. The lowest BCUT2D eigenvalue weighted by atomic mass is 9.98. The van der Waals surface area contributed by atoms with Crippen LogP contribution in [0.2, 0.25) is 0 Å². The summed E-state index contributed by atoms with van der Waals surface area (Å²) in [5, 5.41) is 11.3. The number of aliphatic imine (C=N–C) groups is 1. The molecule has 26 heavy (non-hydrogen) atoms. The lowest BCUT2D eigenvalue weighted by molar-refractivity contribution is -0.149. The van der Waals surface area contributed by atoms with Gasteiger partial charge in [-0.2, -0.15) is 0 Å². The van der Waals surface area contributed by atoms with Crippen molar-refractivity contribution in [1.82, 2.24) is 25.0 Å². The number of rotatable bonds is 8. The predicted molar refractivity (Wildman–Crippen MR) is 101 cm³/mol. The number of aromatic nitrogens is 3. The molecule has 0 amide bonds. The van der Waals surface area contributed by atoms with Crippen LogP contribution in [0.1, 0.15) is 32.5 Å². The molecule has 0 radical (unpaired) electrons. The van der Waals surface area contributed by atoms with Gasteiger partial charge in [0.2, 0.25) is 0 Å². The number of aryl methyl sites for hydroxylation is 1. The molecule has 8 heteroatoms. The highest BCUT2D eigenvalue weighted by atomic mass is 16.5. The third-order valence-corrected chi connectivity index (χ3v) is 4.36. The summed E-state index contributed by atoms with van der Waals surface area (Å²) in [6, 6.07) is 0. The second-order valence-corrected chi connectivity index (χ2v) is 6.21. The predicted octanol–water partition coefficient (Wildman–Crippen LogP) is 1.25. The SMILES string of the molecule is C=CCNC(=NCCn1cnnc1CC)N1CCCC(C(=O)OCC)C1. The summed E-state index contributed by atoms with van der Waals surface area (Å²) >= 11 is 0. The third-order valence-electron chi connectivity index (χ3n) is 4.36. The zero-order valence-corrected chi connectivity index (χ0v) is 15.9. The maximum absolute atomic E-state index is 12.1. The number of carbonyl (C=O) groups excluding carboxylic acids is 1. The second-order valence-electron chi connectivity index (χ2n) is 6.21. The van der Waals surface area contributed by atoms with Crippen LogP contribution in [0.5, 0.6) is 0 Å². The van der Waals surface area contributed by atoms with Crippen molar-refractivity contribution in [2.45, 2.75) is 39.7 Å². The van der Waals surface area contributed by atoms with Crippen molar-refractivity contribution in [2.75, 3.05) is 32.8 Å². The zero-order valence-electron chi connectivity index (χ0n) is 15.9. The van der Waals surface area contributed by atoms with Gasteiger partial charge < -0.3 is 19.5 Å². The molecule has 2 rings (SSSR count). The number of carbonyl (C=O) groups is 1. The lowest BCUT2D eigenvalue weighted by Gasteiger charge is -2.34. The number of nitrogens with one attached hydrogen (secondary N) is 1. The second kappa shape index (κ2) is 10.6. The van der Waals surface area contributed by atoms with E-state index in [2.05, 4.69) is 33.9 Å². The summed E-state index contributed by atoms with van der Waals surface area (Å²) in [6.45, 7) is 11.6. The standard InChI is InChI=1S/C18H30N6O2/c1-4-9-19-18(20-10-12-24-14-21-22-16(24)5-2)23-11-7-8-15(13-23)17(25)26-6-3/h4,14-15H,1,5-13H2,2-3H3,(H,19,20). The van der Waals surface area contributed by atoms with Crippen LogP contribution in [-0.4, -0.2) is 64.4 Å². The largest absolute Gasteiger partial charge is 0.466 e. The first kappa shape index (κ1) is 19.9. The van der Waals surface area contributed by atoms with Gasteiger partial charge in [-0.1, -0.05) is 13.0 Å². The molecule has 1 N–H and O–H groups in total. The summed E-state index contributed by atoms with van der Waals surface area (Å²) < 4.78 is 7.21. The molecule has 0 spiro atoms. The smallest absolute Gasteiger partial charge is 0.310 e. The average Bonchev–Trinajstić information content (AvgIpc) is 3.12. The molecular weight excluding hydrogens is 332 g/mol. The Morgan fingerprint density at radius 2 is 2.38 bits per heavy atom. The van der Waals surface area contributed by atoms with Crippen molar-refractivity contribution >= 4 is 11.9 Å². The van der Waals surface area contributed by atoms with Gasteiger partial charge in [0, 0.05) is 32.6 Å². The minimum absolute atomic E-state index is 0.0935. The van der Waals surface area contributed by atoms with Crippen molar-refractivity contribution < 1.29 is 9.53 Å². The van der Waals surface area contributed by atoms with Crippen molar-refractivity contribution in [2.24, 2.45) is 10.9 Å². The molecule has 1 fully saturated rings. The van der Waals surface area contributed by atoms with Crippen LogP contribution in [0.4, 0.5) is 0 Å². The number of likely N-dealkylation sites (tertiary alicyclic amines) is 1. The first-order valence-electron chi connectivity index (χ1n) is 9.37. The molecule has 1 atom stereocenters. The first-order chi connectivity index (χ1) is 12.7. The molecule has 0 aliphatic carbocycles. The van der Waals surface area contributed by atoms with Gasteiger partial charge in [-0.25, -0.2) is 0 Å². The highest BCUT2D eigenvalue weighted by Gasteiger charge is 2.28. The number of hydrogen-bond acceptors (Lipinski definition) is 5. The third kappa shape index (κ3) is 5.57. The maximum Gasteiger partial charge on any atom is 0.310 e. The summed E-state index contributed by atoms with van der Waals surface area (Å²) in [6.07, 6.45) is 6.20. The number of nitrogens with zero attached hydrogens (tertiary/aromatic N) is 5. The van der Waals surface area contributed by atoms with E-state index in [9.17, 15) is 4.79 Å². The van der Waals surface area contributed by atoms with E-state index >= 15 is 0 Å². The minimum atomic E-state index is -0.114. The molecule has 1 aliphatic heterocycles. The molecule has 0 bridgehead atoms. The fraction of sp³-hybridized carbons (Fsp3) is 0.667. The van der Waals surface area contributed by atoms with E-state index in [1.165, 1.54) is 0 Å². The van der Waals surface area contributed by atoms with Crippen LogP contribution in [0.15, 0.2) is 24.0 Å². The monoisotopic (exact) mass is 362 g/mol. The van der Waals surface area contributed by atoms with Gasteiger partial charge in [-0.05, 0) is 19.8 Å². The van der Waals surface area contributed by atoms with E-state index in [4.69, 9.17) is 9.73 Å². The first-order valence-corrected chi connectivity index (χ1v) is 9.37. The average molecular weight is 362 g/mol. The zero-order chi connectivity index (χ0) is 18.8. The van der Waals surface area contributed by atoms with E-state index in [0.717, 1.165) is 44.1 Å². The van der Waals surface area contributed by atoms with Crippen LogP contribution >= 0.6 is 0 Å². The van der Waals surface area contributed by atoms with Crippen LogP contribution in [0.3, 0.4) is 0 Å². The number of esters is 1. The molecular formula is C18H30N6O2. The molecule has 144 valence electrons.